The summed E-state index contributed by atoms with van der Waals surface area (Å²) in [5.41, 5.74) is 1.03. The zero-order valence-corrected chi connectivity index (χ0v) is 14.3. The highest BCUT2D eigenvalue weighted by molar-refractivity contribution is 7.89. The zero-order chi connectivity index (χ0) is 16.7. The summed E-state index contributed by atoms with van der Waals surface area (Å²) in [6.45, 7) is 0.930. The molecule has 4 rings (SSSR count). The van der Waals surface area contributed by atoms with Gasteiger partial charge in [0, 0.05) is 25.2 Å². The van der Waals surface area contributed by atoms with Crippen LogP contribution in [-0.4, -0.2) is 47.9 Å². The predicted molar refractivity (Wildman–Crippen MR) is 87.4 cm³/mol. The molecule has 1 aromatic carbocycles. The van der Waals surface area contributed by atoms with E-state index in [9.17, 15) is 8.42 Å². The third-order valence-corrected chi connectivity index (χ3v) is 6.60. The van der Waals surface area contributed by atoms with Gasteiger partial charge in [-0.15, -0.1) is 5.10 Å². The molecule has 2 heterocycles. The molecule has 24 heavy (non-hydrogen) atoms. The quantitative estimate of drug-likeness (QED) is 0.823. The van der Waals surface area contributed by atoms with Crippen LogP contribution in [0, 0.1) is 0 Å². The van der Waals surface area contributed by atoms with Gasteiger partial charge in [0.25, 0.3) is 0 Å². The van der Waals surface area contributed by atoms with Gasteiger partial charge >= 0.3 is 0 Å². The van der Waals surface area contributed by atoms with Gasteiger partial charge in [0.15, 0.2) is 0 Å². The molecule has 1 aliphatic carbocycles. The first kappa shape index (κ1) is 15.6. The Labute approximate surface area is 141 Å². The molecule has 1 unspecified atom stereocenters. The Hall–Kier alpha value is -1.93. The van der Waals surface area contributed by atoms with Crippen LogP contribution in [-0.2, 0) is 10.0 Å². The Morgan fingerprint density at radius 3 is 2.58 bits per heavy atom. The number of hydrogen-bond acceptors (Lipinski definition) is 5. The number of rotatable bonds is 5. The van der Waals surface area contributed by atoms with Gasteiger partial charge < -0.3 is 4.74 Å². The molecule has 128 valence electrons. The van der Waals surface area contributed by atoms with Crippen molar-refractivity contribution in [3.63, 3.8) is 0 Å². The van der Waals surface area contributed by atoms with E-state index in [1.165, 1.54) is 17.1 Å². The van der Waals surface area contributed by atoms with Crippen LogP contribution in [0.2, 0.25) is 0 Å². The van der Waals surface area contributed by atoms with Gasteiger partial charge in [0.05, 0.1) is 23.7 Å². The molecule has 0 amide bonds. The molecule has 0 spiro atoms. The van der Waals surface area contributed by atoms with Crippen molar-refractivity contribution in [2.45, 2.75) is 36.1 Å². The van der Waals surface area contributed by atoms with Gasteiger partial charge in [-0.1, -0.05) is 5.21 Å². The van der Waals surface area contributed by atoms with Gasteiger partial charge in [-0.2, -0.15) is 4.31 Å². The Balaban J connectivity index is 1.49. The fourth-order valence-electron chi connectivity index (χ4n) is 3.08. The molecule has 2 fully saturated rings. The first-order valence-electron chi connectivity index (χ1n) is 8.14. The highest BCUT2D eigenvalue weighted by atomic mass is 32.2. The summed E-state index contributed by atoms with van der Waals surface area (Å²) in [6, 6.07) is 6.56. The second kappa shape index (κ2) is 5.86. The molecule has 2 aliphatic rings. The Morgan fingerprint density at radius 1 is 1.17 bits per heavy atom. The van der Waals surface area contributed by atoms with Crippen LogP contribution < -0.4 is 4.74 Å². The number of sulfonamides is 1. The van der Waals surface area contributed by atoms with Crippen LogP contribution in [0.1, 0.15) is 36.9 Å². The number of ether oxygens (including phenoxy) is 1. The standard InChI is InChI=1S/C16H20N4O3S/c1-23-14-4-6-15(7-5-14)24(21,22)19-9-8-13(10-19)20-11-16(17-18-20)12-2-3-12/h4-7,11-13H,2-3,8-10H2,1H3. The first-order valence-corrected chi connectivity index (χ1v) is 9.58. The lowest BCUT2D eigenvalue weighted by Crippen LogP contribution is -2.29. The SMILES string of the molecule is COc1ccc(S(=O)(=O)N2CCC(n3cc(C4CC4)nn3)C2)cc1. The molecule has 1 atom stereocenters. The maximum Gasteiger partial charge on any atom is 0.243 e. The maximum atomic E-state index is 12.8. The summed E-state index contributed by atoms with van der Waals surface area (Å²) < 4.78 is 34.0. The summed E-state index contributed by atoms with van der Waals surface area (Å²) in [4.78, 5) is 0.293. The summed E-state index contributed by atoms with van der Waals surface area (Å²) >= 11 is 0. The third-order valence-electron chi connectivity index (χ3n) is 4.72. The summed E-state index contributed by atoms with van der Waals surface area (Å²) in [7, 11) is -1.93. The Kier molecular flexibility index (Phi) is 3.80. The van der Waals surface area contributed by atoms with Crippen LogP contribution in [0.25, 0.3) is 0 Å². The van der Waals surface area contributed by atoms with Gasteiger partial charge in [0.1, 0.15) is 5.75 Å². The molecule has 1 saturated carbocycles. The van der Waals surface area contributed by atoms with Crippen LogP contribution >= 0.6 is 0 Å². The van der Waals surface area contributed by atoms with E-state index in [1.807, 2.05) is 10.9 Å². The van der Waals surface area contributed by atoms with Crippen molar-refractivity contribution in [3.8, 4) is 5.75 Å². The van der Waals surface area contributed by atoms with Crippen molar-refractivity contribution in [2.24, 2.45) is 0 Å². The monoisotopic (exact) mass is 348 g/mol. The number of aromatic nitrogens is 3. The van der Waals surface area contributed by atoms with Crippen LogP contribution in [0.5, 0.6) is 5.75 Å². The van der Waals surface area contributed by atoms with E-state index >= 15 is 0 Å². The Morgan fingerprint density at radius 2 is 1.92 bits per heavy atom. The largest absolute Gasteiger partial charge is 0.497 e. The van der Waals surface area contributed by atoms with Gasteiger partial charge in [-0.05, 0) is 43.5 Å². The molecular weight excluding hydrogens is 328 g/mol. The molecule has 0 bridgehead atoms. The van der Waals surface area contributed by atoms with Crippen molar-refractivity contribution in [1.82, 2.24) is 19.3 Å². The fourth-order valence-corrected chi connectivity index (χ4v) is 4.57. The van der Waals surface area contributed by atoms with Gasteiger partial charge in [0.2, 0.25) is 10.0 Å². The predicted octanol–water partition coefficient (Wildman–Crippen LogP) is 1.80. The molecule has 1 aliphatic heterocycles. The van der Waals surface area contributed by atoms with E-state index in [1.54, 1.807) is 31.4 Å². The average Bonchev–Trinajstić information content (AvgIpc) is 3.13. The molecule has 1 aromatic heterocycles. The van der Waals surface area contributed by atoms with E-state index < -0.39 is 10.0 Å². The molecule has 1 saturated heterocycles. The number of hydrogen-bond donors (Lipinski definition) is 0. The summed E-state index contributed by atoms with van der Waals surface area (Å²) in [5, 5.41) is 8.42. The second-order valence-corrected chi connectivity index (χ2v) is 8.32. The molecular formula is C16H20N4O3S. The van der Waals surface area contributed by atoms with Crippen molar-refractivity contribution in [3.05, 3.63) is 36.2 Å². The molecule has 8 heteroatoms. The minimum Gasteiger partial charge on any atom is -0.497 e. The summed E-state index contributed by atoms with van der Waals surface area (Å²) in [6.07, 6.45) is 5.09. The van der Waals surface area contributed by atoms with Gasteiger partial charge in [-0.3, -0.25) is 0 Å². The van der Waals surface area contributed by atoms with E-state index in [0.29, 0.717) is 29.7 Å². The normalized spacial score (nSPS) is 22.0. The van der Waals surface area contributed by atoms with Crippen molar-refractivity contribution in [1.29, 1.82) is 0 Å². The fraction of sp³-hybridized carbons (Fsp3) is 0.500. The minimum absolute atomic E-state index is 0.0537. The van der Waals surface area contributed by atoms with Crippen LogP contribution in [0.4, 0.5) is 0 Å². The molecule has 0 radical (unpaired) electrons. The summed E-state index contributed by atoms with van der Waals surface area (Å²) in [5.74, 6) is 1.20. The highest BCUT2D eigenvalue weighted by Gasteiger charge is 2.35. The topological polar surface area (TPSA) is 77.3 Å². The lowest BCUT2D eigenvalue weighted by molar-refractivity contribution is 0.414. The van der Waals surface area contributed by atoms with Crippen molar-refractivity contribution in [2.75, 3.05) is 20.2 Å². The second-order valence-electron chi connectivity index (χ2n) is 6.38. The first-order chi connectivity index (χ1) is 11.6. The van der Waals surface area contributed by atoms with Crippen molar-refractivity contribution < 1.29 is 13.2 Å². The zero-order valence-electron chi connectivity index (χ0n) is 13.5. The van der Waals surface area contributed by atoms with E-state index in [0.717, 1.165) is 12.1 Å². The van der Waals surface area contributed by atoms with Gasteiger partial charge in [-0.25, -0.2) is 13.1 Å². The van der Waals surface area contributed by atoms with E-state index in [4.69, 9.17) is 4.74 Å². The smallest absolute Gasteiger partial charge is 0.243 e. The number of nitrogens with zero attached hydrogens (tertiary/aromatic N) is 4. The number of benzene rings is 1. The van der Waals surface area contributed by atoms with E-state index in [-0.39, 0.29) is 6.04 Å². The lowest BCUT2D eigenvalue weighted by Gasteiger charge is -2.16. The highest BCUT2D eigenvalue weighted by Crippen LogP contribution is 2.39. The van der Waals surface area contributed by atoms with Crippen molar-refractivity contribution >= 4 is 10.0 Å². The van der Waals surface area contributed by atoms with E-state index in [2.05, 4.69) is 10.3 Å². The maximum absolute atomic E-state index is 12.8. The molecule has 7 nitrogen and oxygen atoms in total. The minimum atomic E-state index is -3.49. The van der Waals surface area contributed by atoms with Crippen LogP contribution in [0.3, 0.4) is 0 Å². The number of methoxy groups -OCH3 is 1. The molecule has 0 N–H and O–H groups in total. The Bertz CT molecular complexity index is 827. The third kappa shape index (κ3) is 2.80. The lowest BCUT2D eigenvalue weighted by atomic mass is 10.2. The average molecular weight is 348 g/mol. The van der Waals surface area contributed by atoms with Crippen LogP contribution in [0.15, 0.2) is 35.4 Å². The molecule has 2 aromatic rings.